The number of ether oxygens (including phenoxy) is 1. The van der Waals surface area contributed by atoms with Gasteiger partial charge in [0.05, 0.1) is 0 Å². The third kappa shape index (κ3) is 3.87. The summed E-state index contributed by atoms with van der Waals surface area (Å²) in [4.78, 5) is 0. The van der Waals surface area contributed by atoms with Crippen molar-refractivity contribution in [2.75, 3.05) is 11.9 Å². The molecule has 0 radical (unpaired) electrons. The minimum absolute atomic E-state index is 0.0144. The standard InChI is InChI=1S/C15H12ClFN2O/c16-12-1-6-15(17)11(9-12)10-19-13-2-4-14(5-3-13)20-8-7-18/h1-6,9,19H,8,10H2. The van der Waals surface area contributed by atoms with Gasteiger partial charge in [-0.2, -0.15) is 5.26 Å². The first-order valence-electron chi connectivity index (χ1n) is 5.96. The average Bonchev–Trinajstić information content (AvgIpc) is 2.47. The van der Waals surface area contributed by atoms with Gasteiger partial charge in [0.25, 0.3) is 0 Å². The number of hydrogen-bond acceptors (Lipinski definition) is 3. The smallest absolute Gasteiger partial charge is 0.174 e. The Labute approximate surface area is 121 Å². The van der Waals surface area contributed by atoms with Crippen molar-refractivity contribution in [1.82, 2.24) is 0 Å². The van der Waals surface area contributed by atoms with Crippen molar-refractivity contribution in [3.8, 4) is 11.8 Å². The SMILES string of the molecule is N#CCOc1ccc(NCc2cc(Cl)ccc2F)cc1. The molecule has 0 aromatic heterocycles. The maximum absolute atomic E-state index is 13.5. The summed E-state index contributed by atoms with van der Waals surface area (Å²) in [7, 11) is 0. The summed E-state index contributed by atoms with van der Waals surface area (Å²) in [6.45, 7) is 0.352. The van der Waals surface area contributed by atoms with E-state index in [0.29, 0.717) is 22.9 Å². The monoisotopic (exact) mass is 290 g/mol. The Bertz CT molecular complexity index is 623. The zero-order valence-electron chi connectivity index (χ0n) is 10.6. The molecule has 20 heavy (non-hydrogen) atoms. The number of nitrogens with zero attached hydrogens (tertiary/aromatic N) is 1. The molecule has 5 heteroatoms. The molecule has 2 rings (SSSR count). The molecular formula is C15H12ClFN2O. The first kappa shape index (κ1) is 14.2. The number of nitrogens with one attached hydrogen (secondary N) is 1. The fraction of sp³-hybridized carbons (Fsp3) is 0.133. The Hall–Kier alpha value is -2.25. The van der Waals surface area contributed by atoms with Gasteiger partial charge in [-0.15, -0.1) is 0 Å². The topological polar surface area (TPSA) is 45.0 Å². The normalized spacial score (nSPS) is 9.85. The second-order valence-electron chi connectivity index (χ2n) is 4.06. The molecule has 0 saturated heterocycles. The van der Waals surface area contributed by atoms with Crippen molar-refractivity contribution in [3.63, 3.8) is 0 Å². The highest BCUT2D eigenvalue weighted by molar-refractivity contribution is 6.30. The van der Waals surface area contributed by atoms with E-state index >= 15 is 0 Å². The molecule has 102 valence electrons. The highest BCUT2D eigenvalue weighted by Crippen LogP contribution is 2.19. The van der Waals surface area contributed by atoms with E-state index < -0.39 is 0 Å². The molecule has 1 N–H and O–H groups in total. The van der Waals surface area contributed by atoms with E-state index in [9.17, 15) is 4.39 Å². The summed E-state index contributed by atoms with van der Waals surface area (Å²) < 4.78 is 18.7. The van der Waals surface area contributed by atoms with Crippen LogP contribution in [0.25, 0.3) is 0 Å². The van der Waals surface area contributed by atoms with Crippen molar-refractivity contribution in [1.29, 1.82) is 5.26 Å². The molecule has 2 aromatic carbocycles. The summed E-state index contributed by atoms with van der Waals surface area (Å²) in [6, 6.07) is 13.4. The molecule has 0 saturated carbocycles. The van der Waals surface area contributed by atoms with Crippen LogP contribution < -0.4 is 10.1 Å². The highest BCUT2D eigenvalue weighted by Gasteiger charge is 2.03. The minimum atomic E-state index is -0.295. The Balaban J connectivity index is 1.97. The van der Waals surface area contributed by atoms with Gasteiger partial charge in [-0.3, -0.25) is 0 Å². The number of halogens is 2. The fourth-order valence-electron chi connectivity index (χ4n) is 1.66. The first-order valence-corrected chi connectivity index (χ1v) is 6.34. The first-order chi connectivity index (χ1) is 9.69. The van der Waals surface area contributed by atoms with Gasteiger partial charge in [0, 0.05) is 22.8 Å². The van der Waals surface area contributed by atoms with Crippen LogP contribution in [0, 0.1) is 17.1 Å². The molecule has 0 spiro atoms. The van der Waals surface area contributed by atoms with E-state index in [1.54, 1.807) is 30.3 Å². The molecule has 0 atom stereocenters. The quantitative estimate of drug-likeness (QED) is 0.905. The number of benzene rings is 2. The fourth-order valence-corrected chi connectivity index (χ4v) is 1.86. The summed E-state index contributed by atoms with van der Waals surface area (Å²) in [5, 5.41) is 12.0. The third-order valence-corrected chi connectivity index (χ3v) is 2.88. The van der Waals surface area contributed by atoms with Crippen LogP contribution in [-0.4, -0.2) is 6.61 Å². The molecule has 0 aliphatic heterocycles. The average molecular weight is 291 g/mol. The lowest BCUT2D eigenvalue weighted by molar-refractivity contribution is 0.368. The Morgan fingerprint density at radius 1 is 1.20 bits per heavy atom. The van der Waals surface area contributed by atoms with E-state index in [0.717, 1.165) is 5.69 Å². The van der Waals surface area contributed by atoms with E-state index in [1.807, 2.05) is 6.07 Å². The number of rotatable bonds is 5. The molecule has 3 nitrogen and oxygen atoms in total. The summed E-state index contributed by atoms with van der Waals surface area (Å²) in [6.07, 6.45) is 0. The molecule has 0 unspecified atom stereocenters. The van der Waals surface area contributed by atoms with Gasteiger partial charge in [-0.1, -0.05) is 11.6 Å². The zero-order valence-corrected chi connectivity index (χ0v) is 11.3. The molecule has 0 aliphatic carbocycles. The lowest BCUT2D eigenvalue weighted by Gasteiger charge is -2.09. The van der Waals surface area contributed by atoms with Gasteiger partial charge >= 0.3 is 0 Å². The third-order valence-electron chi connectivity index (χ3n) is 2.65. The Morgan fingerprint density at radius 3 is 2.65 bits per heavy atom. The highest BCUT2D eigenvalue weighted by atomic mass is 35.5. The van der Waals surface area contributed by atoms with Crippen LogP contribution in [0.4, 0.5) is 10.1 Å². The summed E-state index contributed by atoms with van der Waals surface area (Å²) in [5.41, 5.74) is 1.33. The van der Waals surface area contributed by atoms with E-state index in [2.05, 4.69) is 5.32 Å². The van der Waals surface area contributed by atoms with Crippen LogP contribution in [0.2, 0.25) is 5.02 Å². The van der Waals surface area contributed by atoms with Crippen LogP contribution >= 0.6 is 11.6 Å². The maximum Gasteiger partial charge on any atom is 0.174 e. The van der Waals surface area contributed by atoms with Crippen LogP contribution in [0.15, 0.2) is 42.5 Å². The van der Waals surface area contributed by atoms with Crippen LogP contribution in [-0.2, 0) is 6.54 Å². The molecule has 0 aliphatic rings. The lowest BCUT2D eigenvalue weighted by atomic mass is 10.2. The molecule has 0 fully saturated rings. The zero-order chi connectivity index (χ0) is 14.4. The predicted molar refractivity (Wildman–Crippen MR) is 76.3 cm³/mol. The number of anilines is 1. The molecule has 0 heterocycles. The van der Waals surface area contributed by atoms with Gasteiger partial charge in [-0.05, 0) is 42.5 Å². The van der Waals surface area contributed by atoms with Gasteiger partial charge in [0.2, 0.25) is 0 Å². The largest absolute Gasteiger partial charge is 0.479 e. The molecule has 2 aromatic rings. The van der Waals surface area contributed by atoms with Crippen molar-refractivity contribution >= 4 is 17.3 Å². The Kier molecular flexibility index (Phi) is 4.80. The molecule has 0 bridgehead atoms. The second kappa shape index (κ2) is 6.78. The lowest BCUT2D eigenvalue weighted by Crippen LogP contribution is -2.02. The van der Waals surface area contributed by atoms with Crippen molar-refractivity contribution in [3.05, 3.63) is 58.9 Å². The van der Waals surface area contributed by atoms with E-state index in [-0.39, 0.29) is 12.4 Å². The van der Waals surface area contributed by atoms with Crippen molar-refractivity contribution in [2.24, 2.45) is 0 Å². The minimum Gasteiger partial charge on any atom is -0.479 e. The second-order valence-corrected chi connectivity index (χ2v) is 4.50. The van der Waals surface area contributed by atoms with Crippen molar-refractivity contribution < 1.29 is 9.13 Å². The van der Waals surface area contributed by atoms with E-state index in [1.165, 1.54) is 12.1 Å². The van der Waals surface area contributed by atoms with Gasteiger partial charge < -0.3 is 10.1 Å². The van der Waals surface area contributed by atoms with Crippen LogP contribution in [0.3, 0.4) is 0 Å². The van der Waals surface area contributed by atoms with Crippen LogP contribution in [0.5, 0.6) is 5.75 Å². The van der Waals surface area contributed by atoms with Crippen LogP contribution in [0.1, 0.15) is 5.56 Å². The molecular weight excluding hydrogens is 279 g/mol. The number of nitriles is 1. The maximum atomic E-state index is 13.5. The van der Waals surface area contributed by atoms with Gasteiger partial charge in [0.15, 0.2) is 6.61 Å². The molecule has 0 amide bonds. The van der Waals surface area contributed by atoms with Gasteiger partial charge in [0.1, 0.15) is 17.6 Å². The van der Waals surface area contributed by atoms with Gasteiger partial charge in [-0.25, -0.2) is 4.39 Å². The number of hydrogen-bond donors (Lipinski definition) is 1. The van der Waals surface area contributed by atoms with Crippen molar-refractivity contribution in [2.45, 2.75) is 6.54 Å². The predicted octanol–water partition coefficient (Wildman–Crippen LogP) is 3.99. The Morgan fingerprint density at radius 2 is 1.95 bits per heavy atom. The summed E-state index contributed by atoms with van der Waals surface area (Å²) >= 11 is 5.83. The summed E-state index contributed by atoms with van der Waals surface area (Å²) in [5.74, 6) is 0.321. The van der Waals surface area contributed by atoms with E-state index in [4.69, 9.17) is 21.6 Å².